The number of ether oxygens (including phenoxy) is 3. The molecule has 0 atom stereocenters. The van der Waals surface area contributed by atoms with Crippen molar-refractivity contribution in [2.24, 2.45) is 4.99 Å². The highest BCUT2D eigenvalue weighted by molar-refractivity contribution is 7.16. The maximum Gasteiger partial charge on any atom is 0.326 e. The van der Waals surface area contributed by atoms with Gasteiger partial charge in [-0.25, -0.2) is 0 Å². The van der Waals surface area contributed by atoms with E-state index in [1.807, 2.05) is 24.3 Å². The summed E-state index contributed by atoms with van der Waals surface area (Å²) in [6.45, 7) is 1.93. The van der Waals surface area contributed by atoms with Crippen LogP contribution in [0.5, 0.6) is 11.5 Å². The number of thiazole rings is 1. The van der Waals surface area contributed by atoms with Crippen LogP contribution in [0, 0.1) is 0 Å². The fraction of sp³-hybridized carbons (Fsp3) is 0.227. The van der Waals surface area contributed by atoms with Crippen LogP contribution in [-0.2, 0) is 16.1 Å². The summed E-state index contributed by atoms with van der Waals surface area (Å²) < 4.78 is 18.3. The van der Waals surface area contributed by atoms with Crippen LogP contribution in [0.4, 0.5) is 0 Å². The van der Waals surface area contributed by atoms with Gasteiger partial charge in [0.1, 0.15) is 6.54 Å². The highest BCUT2D eigenvalue weighted by Crippen LogP contribution is 2.33. The number of nitrogens with one attached hydrogen (secondary N) is 1. The van der Waals surface area contributed by atoms with Gasteiger partial charge in [-0.15, -0.1) is 0 Å². The minimum atomic E-state index is -0.419. The summed E-state index contributed by atoms with van der Waals surface area (Å²) in [6.07, 6.45) is 1.64. The Labute approximate surface area is 181 Å². The van der Waals surface area contributed by atoms with Crippen LogP contribution in [0.15, 0.2) is 47.6 Å². The van der Waals surface area contributed by atoms with Crippen molar-refractivity contribution in [3.8, 4) is 11.5 Å². The van der Waals surface area contributed by atoms with E-state index in [1.165, 1.54) is 18.4 Å². The highest BCUT2D eigenvalue weighted by atomic mass is 32.1. The average molecular weight is 439 g/mol. The van der Waals surface area contributed by atoms with Gasteiger partial charge in [0.15, 0.2) is 16.3 Å². The molecule has 0 spiro atoms. The Balaban J connectivity index is 1.88. The number of methoxy groups -OCH3 is 2. The molecule has 0 saturated carbocycles. The number of fused-ring (bicyclic) bond motifs is 2. The van der Waals surface area contributed by atoms with E-state index in [4.69, 9.17) is 14.2 Å². The number of hydrogen-bond acceptors (Lipinski definition) is 6. The van der Waals surface area contributed by atoms with E-state index in [1.54, 1.807) is 36.9 Å². The van der Waals surface area contributed by atoms with Crippen molar-refractivity contribution in [2.75, 3.05) is 20.8 Å². The van der Waals surface area contributed by atoms with Crippen LogP contribution in [0.25, 0.3) is 21.1 Å². The number of aromatic amines is 1. The third kappa shape index (κ3) is 3.91. The molecule has 0 aliphatic carbocycles. The third-order valence-electron chi connectivity index (χ3n) is 4.80. The molecule has 0 aliphatic heterocycles. The molecule has 1 amide bonds. The second kappa shape index (κ2) is 8.65. The first-order chi connectivity index (χ1) is 15.0. The molecule has 4 rings (SSSR count). The molecule has 0 saturated heterocycles. The third-order valence-corrected chi connectivity index (χ3v) is 5.84. The SMILES string of the molecule is CCOC(=O)Cn1c(=NC(=O)c2c[nH]c3ccccc23)sc2cc(OC)c(OC)cc21. The van der Waals surface area contributed by atoms with Crippen molar-refractivity contribution in [2.45, 2.75) is 13.5 Å². The molecule has 8 nitrogen and oxygen atoms in total. The number of benzene rings is 2. The van der Waals surface area contributed by atoms with Crippen LogP contribution in [-0.4, -0.2) is 42.3 Å². The molecule has 31 heavy (non-hydrogen) atoms. The molecule has 2 aromatic carbocycles. The quantitative estimate of drug-likeness (QED) is 0.464. The zero-order valence-corrected chi connectivity index (χ0v) is 18.1. The Morgan fingerprint density at radius 1 is 1.13 bits per heavy atom. The maximum absolute atomic E-state index is 13.0. The van der Waals surface area contributed by atoms with Gasteiger partial charge in [0.05, 0.1) is 36.6 Å². The van der Waals surface area contributed by atoms with E-state index in [0.717, 1.165) is 15.6 Å². The Hall–Kier alpha value is -3.59. The summed E-state index contributed by atoms with van der Waals surface area (Å²) in [4.78, 5) is 33.1. The van der Waals surface area contributed by atoms with E-state index in [2.05, 4.69) is 9.98 Å². The largest absolute Gasteiger partial charge is 0.493 e. The van der Waals surface area contributed by atoms with E-state index in [-0.39, 0.29) is 13.2 Å². The lowest BCUT2D eigenvalue weighted by atomic mass is 10.2. The van der Waals surface area contributed by atoms with Gasteiger partial charge >= 0.3 is 5.97 Å². The van der Waals surface area contributed by atoms with Crippen LogP contribution in [0.1, 0.15) is 17.3 Å². The first kappa shape index (κ1) is 20.7. The van der Waals surface area contributed by atoms with Gasteiger partial charge in [-0.1, -0.05) is 29.5 Å². The predicted octanol–water partition coefficient (Wildman–Crippen LogP) is 3.51. The average Bonchev–Trinajstić information content (AvgIpc) is 3.34. The minimum Gasteiger partial charge on any atom is -0.493 e. The lowest BCUT2D eigenvalue weighted by Gasteiger charge is -2.09. The first-order valence-corrected chi connectivity index (χ1v) is 10.4. The Bertz CT molecular complexity index is 1350. The molecular formula is C22H21N3O5S. The lowest BCUT2D eigenvalue weighted by Crippen LogP contribution is -2.23. The Kier molecular flexibility index (Phi) is 5.77. The second-order valence-electron chi connectivity index (χ2n) is 6.62. The zero-order chi connectivity index (χ0) is 22.0. The minimum absolute atomic E-state index is 0.0800. The topological polar surface area (TPSA) is 94.9 Å². The van der Waals surface area contributed by atoms with Gasteiger partial charge < -0.3 is 23.8 Å². The normalized spacial score (nSPS) is 11.8. The maximum atomic E-state index is 13.0. The van der Waals surface area contributed by atoms with Gasteiger partial charge in [0.2, 0.25) is 0 Å². The fourth-order valence-electron chi connectivity index (χ4n) is 3.37. The molecule has 0 aliphatic rings. The zero-order valence-electron chi connectivity index (χ0n) is 17.3. The molecule has 4 aromatic rings. The lowest BCUT2D eigenvalue weighted by molar-refractivity contribution is -0.143. The van der Waals surface area contributed by atoms with Gasteiger partial charge in [0, 0.05) is 29.2 Å². The summed E-state index contributed by atoms with van der Waals surface area (Å²) in [5, 5.41) is 0.789. The first-order valence-electron chi connectivity index (χ1n) is 9.61. The molecule has 0 fully saturated rings. The number of amides is 1. The summed E-state index contributed by atoms with van der Waals surface area (Å²) in [6, 6.07) is 11.1. The van der Waals surface area contributed by atoms with E-state index < -0.39 is 11.9 Å². The highest BCUT2D eigenvalue weighted by Gasteiger charge is 2.17. The number of hydrogen-bond donors (Lipinski definition) is 1. The molecule has 0 radical (unpaired) electrons. The van der Waals surface area contributed by atoms with Crippen molar-refractivity contribution in [1.82, 2.24) is 9.55 Å². The number of para-hydroxylation sites is 1. The number of nitrogens with zero attached hydrogens (tertiary/aromatic N) is 2. The molecule has 9 heteroatoms. The number of esters is 1. The fourth-order valence-corrected chi connectivity index (χ4v) is 4.40. The van der Waals surface area contributed by atoms with E-state index >= 15 is 0 Å². The summed E-state index contributed by atoms with van der Waals surface area (Å²) in [5.41, 5.74) is 2.01. The van der Waals surface area contributed by atoms with Gasteiger partial charge in [0.25, 0.3) is 5.91 Å². The van der Waals surface area contributed by atoms with Crippen LogP contribution < -0.4 is 14.3 Å². The number of carbonyl (C=O) groups excluding carboxylic acids is 2. The van der Waals surface area contributed by atoms with Gasteiger partial charge in [-0.2, -0.15) is 4.99 Å². The van der Waals surface area contributed by atoms with Crippen molar-refractivity contribution < 1.29 is 23.8 Å². The van der Waals surface area contributed by atoms with E-state index in [9.17, 15) is 9.59 Å². The summed E-state index contributed by atoms with van der Waals surface area (Å²) in [7, 11) is 3.09. The summed E-state index contributed by atoms with van der Waals surface area (Å²) in [5.74, 6) is 0.243. The Morgan fingerprint density at radius 3 is 2.61 bits per heavy atom. The molecule has 2 heterocycles. The molecule has 0 unspecified atom stereocenters. The van der Waals surface area contributed by atoms with Gasteiger partial charge in [-0.05, 0) is 13.0 Å². The Morgan fingerprint density at radius 2 is 1.87 bits per heavy atom. The van der Waals surface area contributed by atoms with Gasteiger partial charge in [-0.3, -0.25) is 9.59 Å². The van der Waals surface area contributed by atoms with Crippen LogP contribution in [0.2, 0.25) is 0 Å². The predicted molar refractivity (Wildman–Crippen MR) is 118 cm³/mol. The van der Waals surface area contributed by atoms with E-state index in [0.29, 0.717) is 27.4 Å². The van der Waals surface area contributed by atoms with Crippen LogP contribution >= 0.6 is 11.3 Å². The van der Waals surface area contributed by atoms with Crippen molar-refractivity contribution >= 4 is 44.3 Å². The van der Waals surface area contributed by atoms with Crippen LogP contribution in [0.3, 0.4) is 0 Å². The number of rotatable bonds is 6. The second-order valence-corrected chi connectivity index (χ2v) is 7.62. The number of carbonyl (C=O) groups is 2. The molecule has 1 N–H and O–H groups in total. The molecular weight excluding hydrogens is 418 g/mol. The molecule has 0 bridgehead atoms. The number of H-pyrrole nitrogens is 1. The molecule has 2 aromatic heterocycles. The standard InChI is InChI=1S/C22H21N3O5S/c1-4-30-20(26)12-25-16-9-17(28-2)18(29-3)10-19(16)31-22(25)24-21(27)14-11-23-15-8-6-5-7-13(14)15/h5-11,23H,4,12H2,1-3H3. The number of aromatic nitrogens is 2. The smallest absolute Gasteiger partial charge is 0.326 e. The van der Waals surface area contributed by atoms with Crippen molar-refractivity contribution in [3.05, 3.63) is 53.0 Å². The van der Waals surface area contributed by atoms with Crippen molar-refractivity contribution in [1.29, 1.82) is 0 Å². The summed E-state index contributed by atoms with van der Waals surface area (Å²) >= 11 is 1.29. The monoisotopic (exact) mass is 439 g/mol. The van der Waals surface area contributed by atoms with Crippen molar-refractivity contribution in [3.63, 3.8) is 0 Å². The molecule has 160 valence electrons.